The third-order valence-corrected chi connectivity index (χ3v) is 10.7. The molecule has 5 N–H and O–H groups in total. The van der Waals surface area contributed by atoms with Crippen LogP contribution in [-0.2, 0) is 24.7 Å². The van der Waals surface area contributed by atoms with E-state index in [0.29, 0.717) is 18.7 Å². The average molecular weight is 541 g/mol. The third-order valence-electron chi connectivity index (χ3n) is 10.7. The number of aromatic nitrogens is 1. The van der Waals surface area contributed by atoms with E-state index in [0.717, 1.165) is 80.1 Å². The molecule has 210 valence electrons. The maximum absolute atomic E-state index is 13.0. The van der Waals surface area contributed by atoms with Crippen molar-refractivity contribution in [1.82, 2.24) is 9.88 Å². The Labute approximate surface area is 235 Å². The van der Waals surface area contributed by atoms with Gasteiger partial charge in [-0.25, -0.2) is 0 Å². The molecule has 1 unspecified atom stereocenters. The molecule has 2 bridgehead atoms. The lowest BCUT2D eigenvalue weighted by Gasteiger charge is -2.62. The Morgan fingerprint density at radius 2 is 2.12 bits per heavy atom. The second kappa shape index (κ2) is 8.73. The zero-order valence-corrected chi connectivity index (χ0v) is 23.4. The summed E-state index contributed by atoms with van der Waals surface area (Å²) in [6, 6.07) is 10.5. The van der Waals surface area contributed by atoms with Crippen LogP contribution in [0.2, 0.25) is 0 Å². The lowest BCUT2D eigenvalue weighted by atomic mass is 9.49. The lowest BCUT2D eigenvalue weighted by molar-refractivity contribution is -0.173. The zero-order valence-electron chi connectivity index (χ0n) is 23.4. The number of aliphatic hydroxyl groups is 1. The predicted octanol–water partition coefficient (Wildman–Crippen LogP) is 4.66. The number of hydrogen-bond donors (Lipinski definition) is 4. The van der Waals surface area contributed by atoms with Gasteiger partial charge >= 0.3 is 0 Å². The molecule has 2 aliphatic heterocycles. The number of H-pyrrole nitrogens is 1. The highest BCUT2D eigenvalue weighted by molar-refractivity contribution is 5.87. The van der Waals surface area contributed by atoms with E-state index in [4.69, 9.17) is 10.5 Å². The Morgan fingerprint density at radius 3 is 2.95 bits per heavy atom. The van der Waals surface area contributed by atoms with Gasteiger partial charge < -0.3 is 25.7 Å². The highest BCUT2D eigenvalue weighted by Crippen LogP contribution is 2.69. The summed E-state index contributed by atoms with van der Waals surface area (Å²) < 4.78 is 6.72. The van der Waals surface area contributed by atoms with Crippen molar-refractivity contribution in [1.29, 1.82) is 0 Å². The molecule has 3 heterocycles. The number of ether oxygens (including phenoxy) is 1. The first-order valence-electron chi connectivity index (χ1n) is 15.3. The van der Waals surface area contributed by atoms with Gasteiger partial charge in [0.25, 0.3) is 0 Å². The number of fused-ring (bicyclic) bond motifs is 4. The normalized spacial score (nSPS) is 30.3. The van der Waals surface area contributed by atoms with Crippen molar-refractivity contribution >= 4 is 16.7 Å². The molecular formula is C33H40N4O3. The van der Waals surface area contributed by atoms with Crippen LogP contribution in [0.25, 0.3) is 10.9 Å². The van der Waals surface area contributed by atoms with Crippen LogP contribution < -0.4 is 10.5 Å². The number of piperidine rings is 1. The van der Waals surface area contributed by atoms with E-state index in [2.05, 4.69) is 46.1 Å². The molecule has 7 heteroatoms. The monoisotopic (exact) mass is 540 g/mol. The van der Waals surface area contributed by atoms with Crippen LogP contribution in [0, 0.1) is 5.92 Å². The number of unbranched alkanes of at least 4 members (excludes halogenated alkanes) is 1. The van der Waals surface area contributed by atoms with Gasteiger partial charge in [-0.05, 0) is 85.9 Å². The Balaban J connectivity index is 1.21. The molecule has 2 aromatic carbocycles. The van der Waals surface area contributed by atoms with E-state index in [9.17, 15) is 10.2 Å². The molecule has 0 amide bonds. The maximum Gasteiger partial charge on any atom is 0.166 e. The summed E-state index contributed by atoms with van der Waals surface area (Å²) in [7, 11) is 0. The Hall–Kier alpha value is -3.03. The van der Waals surface area contributed by atoms with Crippen molar-refractivity contribution in [3.63, 3.8) is 0 Å². The Morgan fingerprint density at radius 1 is 1.25 bits per heavy atom. The molecule has 7 nitrogen and oxygen atoms in total. The number of nitrogens with zero attached hydrogens (tertiary/aromatic N) is 2. The fourth-order valence-electron chi connectivity index (χ4n) is 8.59. The van der Waals surface area contributed by atoms with Crippen LogP contribution in [-0.4, -0.2) is 57.2 Å². The van der Waals surface area contributed by atoms with Crippen LogP contribution in [0.1, 0.15) is 79.5 Å². The predicted molar refractivity (Wildman–Crippen MR) is 156 cm³/mol. The van der Waals surface area contributed by atoms with Crippen LogP contribution >= 0.6 is 0 Å². The number of phenols is 1. The average Bonchev–Trinajstić information content (AvgIpc) is 3.59. The van der Waals surface area contributed by atoms with Gasteiger partial charge in [-0.15, -0.1) is 0 Å². The van der Waals surface area contributed by atoms with E-state index >= 15 is 0 Å². The first kappa shape index (κ1) is 24.7. The largest absolute Gasteiger partial charge is 0.504 e. The number of aliphatic imine (C=N–C) groups is 1. The Kier molecular flexibility index (Phi) is 5.40. The van der Waals surface area contributed by atoms with Gasteiger partial charge in [-0.3, -0.25) is 9.89 Å². The minimum absolute atomic E-state index is 0.0395. The van der Waals surface area contributed by atoms with E-state index in [1.54, 1.807) is 6.07 Å². The summed E-state index contributed by atoms with van der Waals surface area (Å²) in [6.07, 6.45) is 8.37. The van der Waals surface area contributed by atoms with Crippen LogP contribution in [0.15, 0.2) is 35.3 Å². The fourth-order valence-corrected chi connectivity index (χ4v) is 8.59. The van der Waals surface area contributed by atoms with E-state index in [1.165, 1.54) is 34.9 Å². The van der Waals surface area contributed by atoms with Gasteiger partial charge in [0.05, 0.1) is 22.5 Å². The molecule has 1 aromatic heterocycles. The zero-order chi connectivity index (χ0) is 27.2. The van der Waals surface area contributed by atoms with Crippen molar-refractivity contribution in [2.75, 3.05) is 19.6 Å². The van der Waals surface area contributed by atoms with Crippen molar-refractivity contribution < 1.29 is 14.9 Å². The van der Waals surface area contributed by atoms with Gasteiger partial charge in [0.15, 0.2) is 17.6 Å². The van der Waals surface area contributed by atoms with E-state index in [1.807, 2.05) is 0 Å². The van der Waals surface area contributed by atoms with Crippen molar-refractivity contribution in [3.05, 3.63) is 58.3 Å². The molecule has 3 aliphatic carbocycles. The lowest BCUT2D eigenvalue weighted by Crippen LogP contribution is -2.74. The number of phenolic OH excluding ortho intramolecular Hbond substituents is 1. The van der Waals surface area contributed by atoms with Gasteiger partial charge in [-0.1, -0.05) is 25.5 Å². The summed E-state index contributed by atoms with van der Waals surface area (Å²) in [6.45, 7) is 4.88. The van der Waals surface area contributed by atoms with Crippen LogP contribution in [0.4, 0.5) is 0 Å². The number of amidine groups is 1. The number of aromatic amines is 1. The van der Waals surface area contributed by atoms with Crippen LogP contribution in [0.5, 0.6) is 11.5 Å². The van der Waals surface area contributed by atoms with E-state index < -0.39 is 11.0 Å². The molecule has 1 saturated heterocycles. The van der Waals surface area contributed by atoms with Gasteiger partial charge in [-0.2, -0.15) is 0 Å². The first-order chi connectivity index (χ1) is 19.4. The standard InChI is InChI=1S/C33H40N4O3/c1-2-3-4-27(34)35-13-11-19-7-9-24-22(15-19)23-17-33(39)26-16-21-8-10-25(38)30-28(21)32(33,31(40-30)29(23)36-24)12-14-37(26)18-20-5-6-20/h7-10,15,20,26,31,36,38-39H,2-6,11-14,16-18H2,1H3,(H2,34,35)/t26?,31-,32-,33+/m0/s1. The number of nitrogens with two attached hydrogens (primary N) is 1. The molecule has 3 aromatic rings. The number of aromatic hydroxyl groups is 1. The SMILES string of the molecule is CCCCC(N)=NCCc1ccc2[nH]c3c(c2c1)C[C@@]1(O)C2Cc4ccc(O)c5c4[C@@]1(CCN2CC1CC1)[C@H]3O5. The summed E-state index contributed by atoms with van der Waals surface area (Å²) >= 11 is 0. The number of hydrogen-bond acceptors (Lipinski definition) is 5. The first-order valence-corrected chi connectivity index (χ1v) is 15.3. The van der Waals surface area contributed by atoms with Crippen molar-refractivity contribution in [2.45, 2.75) is 87.9 Å². The van der Waals surface area contributed by atoms with Crippen molar-refractivity contribution in [3.8, 4) is 11.5 Å². The fraction of sp³-hybridized carbons (Fsp3) is 0.545. The smallest absolute Gasteiger partial charge is 0.166 e. The second-order valence-corrected chi connectivity index (χ2v) is 13.1. The molecule has 2 fully saturated rings. The maximum atomic E-state index is 13.0. The number of benzene rings is 2. The molecule has 4 atom stereocenters. The summed E-state index contributed by atoms with van der Waals surface area (Å²) in [4.78, 5) is 10.9. The number of likely N-dealkylation sites (tertiary alicyclic amines) is 1. The summed E-state index contributed by atoms with van der Waals surface area (Å²) in [5.74, 6) is 2.27. The van der Waals surface area contributed by atoms with Gasteiger partial charge in [0, 0.05) is 48.4 Å². The number of nitrogens with one attached hydrogen (secondary N) is 1. The molecule has 0 radical (unpaired) electrons. The molecule has 1 spiro atoms. The van der Waals surface area contributed by atoms with Gasteiger partial charge in [0.1, 0.15) is 0 Å². The third kappa shape index (κ3) is 3.34. The highest BCUT2D eigenvalue weighted by atomic mass is 16.5. The van der Waals surface area contributed by atoms with Crippen molar-refractivity contribution in [2.24, 2.45) is 16.6 Å². The Bertz CT molecular complexity index is 1540. The minimum atomic E-state index is -0.965. The summed E-state index contributed by atoms with van der Waals surface area (Å²) in [5, 5.41) is 25.1. The quantitative estimate of drug-likeness (QED) is 0.246. The molecule has 40 heavy (non-hydrogen) atoms. The molecular weight excluding hydrogens is 500 g/mol. The van der Waals surface area contributed by atoms with Gasteiger partial charge in [0.2, 0.25) is 0 Å². The van der Waals surface area contributed by atoms with Crippen LogP contribution in [0.3, 0.4) is 0 Å². The molecule has 5 aliphatic rings. The molecule has 8 rings (SSSR count). The minimum Gasteiger partial charge on any atom is -0.504 e. The molecule has 1 saturated carbocycles. The number of rotatable bonds is 8. The summed E-state index contributed by atoms with van der Waals surface area (Å²) in [5.41, 5.74) is 11.4. The van der Waals surface area contributed by atoms with E-state index in [-0.39, 0.29) is 17.9 Å². The topological polar surface area (TPSA) is 107 Å². The highest BCUT2D eigenvalue weighted by Gasteiger charge is 2.72. The second-order valence-electron chi connectivity index (χ2n) is 13.1.